The predicted octanol–water partition coefficient (Wildman–Crippen LogP) is 5.34. The molecule has 0 N–H and O–H groups in total. The molecule has 36 heavy (non-hydrogen) atoms. The second-order valence-electron chi connectivity index (χ2n) is 8.89. The highest BCUT2D eigenvalue weighted by Gasteiger charge is 2.24. The molecule has 0 fully saturated rings. The normalized spacial score (nSPS) is 12.4. The fraction of sp³-hybridized carbons (Fsp3) is 0.286. The average molecular weight is 515 g/mol. The van der Waals surface area contributed by atoms with Crippen molar-refractivity contribution in [2.24, 2.45) is 0 Å². The van der Waals surface area contributed by atoms with Gasteiger partial charge in [0.15, 0.2) is 5.16 Å². The maximum Gasteiger partial charge on any atom is 0.263 e. The zero-order valence-electron chi connectivity index (χ0n) is 20.1. The number of carbonyl (C=O) groups excluding carboxylic acids is 1. The molecule has 182 valence electrons. The van der Waals surface area contributed by atoms with Crippen LogP contribution in [0, 0.1) is 18.3 Å². The van der Waals surface area contributed by atoms with Gasteiger partial charge in [-0.25, -0.2) is 4.98 Å². The topological polar surface area (TPSA) is 79.0 Å². The van der Waals surface area contributed by atoms with E-state index in [2.05, 4.69) is 6.07 Å². The molecule has 0 radical (unpaired) electrons. The number of thiophene rings is 1. The number of thioether (sulfide) groups is 1. The number of aryl methyl sites for hydroxylation is 3. The molecule has 0 spiro atoms. The van der Waals surface area contributed by atoms with E-state index in [-0.39, 0.29) is 23.6 Å². The van der Waals surface area contributed by atoms with Crippen molar-refractivity contribution in [1.82, 2.24) is 9.55 Å². The number of nitrogens with zero attached hydrogens (tertiary/aromatic N) is 4. The van der Waals surface area contributed by atoms with Gasteiger partial charge in [-0.2, -0.15) is 5.26 Å². The summed E-state index contributed by atoms with van der Waals surface area (Å²) in [4.78, 5) is 35.6. The summed E-state index contributed by atoms with van der Waals surface area (Å²) in [5, 5.41) is 10.4. The van der Waals surface area contributed by atoms with E-state index in [1.54, 1.807) is 20.8 Å². The van der Waals surface area contributed by atoms with Crippen LogP contribution in [0.3, 0.4) is 0 Å². The van der Waals surface area contributed by atoms with Gasteiger partial charge in [0.25, 0.3) is 5.56 Å². The molecule has 5 rings (SSSR count). The van der Waals surface area contributed by atoms with Crippen molar-refractivity contribution in [2.45, 2.75) is 44.3 Å². The van der Waals surface area contributed by atoms with Crippen molar-refractivity contribution in [3.05, 3.63) is 86.5 Å². The number of carbonyl (C=O) groups is 1. The Labute approximate surface area is 218 Å². The van der Waals surface area contributed by atoms with E-state index in [1.807, 2.05) is 61.5 Å². The van der Waals surface area contributed by atoms with E-state index in [9.17, 15) is 9.59 Å². The Morgan fingerprint density at radius 3 is 2.69 bits per heavy atom. The molecule has 8 heteroatoms. The van der Waals surface area contributed by atoms with E-state index in [1.165, 1.54) is 16.6 Å². The minimum atomic E-state index is -0.117. The molecule has 0 aliphatic heterocycles. The molecule has 1 amide bonds. The number of anilines is 1. The lowest BCUT2D eigenvalue weighted by molar-refractivity contribution is -0.116. The second-order valence-corrected chi connectivity index (χ2v) is 10.9. The highest BCUT2D eigenvalue weighted by molar-refractivity contribution is 7.99. The van der Waals surface area contributed by atoms with E-state index in [0.29, 0.717) is 18.2 Å². The zero-order chi connectivity index (χ0) is 25.1. The third-order valence-electron chi connectivity index (χ3n) is 6.39. The summed E-state index contributed by atoms with van der Waals surface area (Å²) >= 11 is 2.90. The monoisotopic (exact) mass is 514 g/mol. The van der Waals surface area contributed by atoms with E-state index < -0.39 is 0 Å². The lowest BCUT2D eigenvalue weighted by Crippen LogP contribution is -2.33. The Morgan fingerprint density at radius 1 is 1.17 bits per heavy atom. The second kappa shape index (κ2) is 10.7. The molecule has 6 nitrogen and oxygen atoms in total. The fourth-order valence-corrected chi connectivity index (χ4v) is 6.74. The average Bonchev–Trinajstić information content (AvgIpc) is 3.48. The number of fused-ring (bicyclic) bond motifs is 3. The molecule has 0 bridgehead atoms. The smallest absolute Gasteiger partial charge is 0.263 e. The van der Waals surface area contributed by atoms with E-state index >= 15 is 0 Å². The molecule has 2 heterocycles. The van der Waals surface area contributed by atoms with Gasteiger partial charge < -0.3 is 4.90 Å². The third kappa shape index (κ3) is 4.95. The van der Waals surface area contributed by atoms with Gasteiger partial charge in [-0.1, -0.05) is 59.8 Å². The molecule has 1 aliphatic rings. The van der Waals surface area contributed by atoms with Crippen LogP contribution in [-0.2, 0) is 24.2 Å². The summed E-state index contributed by atoms with van der Waals surface area (Å²) in [7, 11) is 0. The van der Waals surface area contributed by atoms with Crippen molar-refractivity contribution in [3.63, 3.8) is 0 Å². The van der Waals surface area contributed by atoms with Gasteiger partial charge in [0.2, 0.25) is 5.91 Å². The third-order valence-corrected chi connectivity index (χ3v) is 8.54. The Balaban J connectivity index is 1.47. The molecule has 1 aliphatic carbocycles. The van der Waals surface area contributed by atoms with Crippen molar-refractivity contribution in [1.29, 1.82) is 5.26 Å². The molecule has 4 aromatic rings. The molecule has 0 atom stereocenters. The first-order chi connectivity index (χ1) is 17.5. The minimum absolute atomic E-state index is 0.0296. The fourth-order valence-electron chi connectivity index (χ4n) is 4.56. The van der Waals surface area contributed by atoms with E-state index in [4.69, 9.17) is 10.2 Å². The van der Waals surface area contributed by atoms with Gasteiger partial charge in [-0.15, -0.1) is 11.3 Å². The number of hydrogen-bond donors (Lipinski definition) is 0. The SMILES string of the molecule is Cc1ccc(N(CCC#N)C(=O)CSc2nc3sc4c(c3c(=O)n2Cc2ccccc2)CCC4)cc1. The number of rotatable bonds is 8. The number of benzene rings is 2. The Bertz CT molecular complexity index is 1500. The van der Waals surface area contributed by atoms with Crippen LogP contribution >= 0.6 is 23.1 Å². The summed E-state index contributed by atoms with van der Waals surface area (Å²) in [6, 6.07) is 19.7. The minimum Gasteiger partial charge on any atom is -0.311 e. The first kappa shape index (κ1) is 24.3. The number of nitriles is 1. The number of amides is 1. The van der Waals surface area contributed by atoms with Crippen LogP contribution in [-0.4, -0.2) is 27.8 Å². The standard InChI is InChI=1S/C28H26N4O2S2/c1-19-11-13-21(14-12-19)31(16-6-15-29)24(33)18-35-28-30-26-25(22-9-5-10-23(22)36-26)27(34)32(28)17-20-7-3-2-4-8-20/h2-4,7-8,11-14H,5-6,9-10,16-18H2,1H3. The first-order valence-electron chi connectivity index (χ1n) is 12.0. The molecule has 0 saturated heterocycles. The Hall–Kier alpha value is -3.41. The van der Waals surface area contributed by atoms with Gasteiger partial charge in [0.1, 0.15) is 4.83 Å². The Kier molecular flexibility index (Phi) is 7.21. The summed E-state index contributed by atoms with van der Waals surface area (Å²) in [6.45, 7) is 2.72. The quantitative estimate of drug-likeness (QED) is 0.234. The van der Waals surface area contributed by atoms with Gasteiger partial charge in [-0.3, -0.25) is 14.2 Å². The molecule has 0 unspecified atom stereocenters. The van der Waals surface area contributed by atoms with Crippen LogP contribution in [0.5, 0.6) is 0 Å². The maximum absolute atomic E-state index is 13.7. The molecular formula is C28H26N4O2S2. The number of hydrogen-bond acceptors (Lipinski definition) is 6. The Morgan fingerprint density at radius 2 is 1.94 bits per heavy atom. The summed E-state index contributed by atoms with van der Waals surface area (Å²) < 4.78 is 1.71. The maximum atomic E-state index is 13.7. The first-order valence-corrected chi connectivity index (χ1v) is 13.8. The van der Waals surface area contributed by atoms with E-state index in [0.717, 1.165) is 51.9 Å². The van der Waals surface area contributed by atoms with Gasteiger partial charge in [0.05, 0.1) is 30.2 Å². The summed E-state index contributed by atoms with van der Waals surface area (Å²) in [5.41, 5.74) is 4.01. The van der Waals surface area contributed by atoms with Crippen LogP contribution in [0.1, 0.15) is 34.4 Å². The highest BCUT2D eigenvalue weighted by Crippen LogP contribution is 2.35. The zero-order valence-corrected chi connectivity index (χ0v) is 21.7. The molecular weight excluding hydrogens is 488 g/mol. The van der Waals surface area contributed by atoms with Crippen LogP contribution in [0.2, 0.25) is 0 Å². The van der Waals surface area contributed by atoms with Gasteiger partial charge in [0, 0.05) is 17.1 Å². The van der Waals surface area contributed by atoms with Crippen molar-refractivity contribution in [3.8, 4) is 6.07 Å². The van der Waals surface area contributed by atoms with Crippen LogP contribution in [0.25, 0.3) is 10.2 Å². The number of aromatic nitrogens is 2. The van der Waals surface area contributed by atoms with Crippen molar-refractivity contribution in [2.75, 3.05) is 17.2 Å². The predicted molar refractivity (Wildman–Crippen MR) is 146 cm³/mol. The van der Waals surface area contributed by atoms with Gasteiger partial charge in [-0.05, 0) is 49.4 Å². The van der Waals surface area contributed by atoms with Crippen LogP contribution in [0.15, 0.2) is 64.5 Å². The lowest BCUT2D eigenvalue weighted by atomic mass is 10.2. The molecule has 2 aromatic carbocycles. The molecule has 2 aromatic heterocycles. The largest absolute Gasteiger partial charge is 0.311 e. The van der Waals surface area contributed by atoms with Crippen LogP contribution < -0.4 is 10.5 Å². The van der Waals surface area contributed by atoms with Gasteiger partial charge >= 0.3 is 0 Å². The molecule has 0 saturated carbocycles. The summed E-state index contributed by atoms with van der Waals surface area (Å²) in [5.74, 6) is 0.00492. The lowest BCUT2D eigenvalue weighted by Gasteiger charge is -2.22. The highest BCUT2D eigenvalue weighted by atomic mass is 32.2. The van der Waals surface area contributed by atoms with Crippen LogP contribution in [0.4, 0.5) is 5.69 Å². The van der Waals surface area contributed by atoms with Crippen molar-refractivity contribution >= 4 is 44.9 Å². The van der Waals surface area contributed by atoms with Crippen molar-refractivity contribution < 1.29 is 4.79 Å². The summed E-state index contributed by atoms with van der Waals surface area (Å²) in [6.07, 6.45) is 3.25.